The van der Waals surface area contributed by atoms with Crippen molar-refractivity contribution >= 4 is 23.8 Å². The Morgan fingerprint density at radius 1 is 1.25 bits per heavy atom. The smallest absolute Gasteiger partial charge is 0.326 e. The summed E-state index contributed by atoms with van der Waals surface area (Å²) in [6, 6.07) is -1.25. The highest BCUT2D eigenvalue weighted by atomic mass is 16.4. The molecule has 0 spiro atoms. The van der Waals surface area contributed by atoms with Gasteiger partial charge in [-0.2, -0.15) is 0 Å². The maximum Gasteiger partial charge on any atom is 0.326 e. The average Bonchev–Trinajstić information content (AvgIpc) is 2.15. The molecule has 16 heavy (non-hydrogen) atoms. The SMILES string of the molecule is CC(C(=O)O)N1C(=O)CC(C(=O)O)CC1=O. The summed E-state index contributed by atoms with van der Waals surface area (Å²) < 4.78 is 0. The molecular formula is C9H11NO6. The van der Waals surface area contributed by atoms with Gasteiger partial charge in [0.25, 0.3) is 0 Å². The van der Waals surface area contributed by atoms with Gasteiger partial charge in [-0.15, -0.1) is 0 Å². The monoisotopic (exact) mass is 229 g/mol. The Morgan fingerprint density at radius 2 is 1.69 bits per heavy atom. The van der Waals surface area contributed by atoms with Crippen LogP contribution >= 0.6 is 0 Å². The molecule has 1 saturated heterocycles. The molecule has 1 aliphatic rings. The minimum atomic E-state index is -1.30. The molecule has 7 heteroatoms. The summed E-state index contributed by atoms with van der Waals surface area (Å²) in [7, 11) is 0. The summed E-state index contributed by atoms with van der Waals surface area (Å²) in [4.78, 5) is 44.8. The highest BCUT2D eigenvalue weighted by molar-refractivity contribution is 6.03. The van der Waals surface area contributed by atoms with Gasteiger partial charge >= 0.3 is 11.9 Å². The van der Waals surface area contributed by atoms with Crippen LogP contribution in [0.1, 0.15) is 19.8 Å². The van der Waals surface area contributed by atoms with Crippen LogP contribution in [-0.4, -0.2) is 44.9 Å². The number of hydrogen-bond donors (Lipinski definition) is 2. The summed E-state index contributed by atoms with van der Waals surface area (Å²) in [6.07, 6.45) is -0.669. The zero-order chi connectivity index (χ0) is 12.5. The van der Waals surface area contributed by atoms with E-state index in [1.54, 1.807) is 0 Å². The number of carboxylic acid groups (broad SMARTS) is 2. The summed E-state index contributed by atoms with van der Waals surface area (Å²) in [5.41, 5.74) is 0. The maximum atomic E-state index is 11.4. The second kappa shape index (κ2) is 4.30. The lowest BCUT2D eigenvalue weighted by Gasteiger charge is -2.30. The van der Waals surface area contributed by atoms with Crippen LogP contribution in [0, 0.1) is 5.92 Å². The molecular weight excluding hydrogens is 218 g/mol. The molecule has 2 amide bonds. The van der Waals surface area contributed by atoms with Crippen LogP contribution in [0.5, 0.6) is 0 Å². The van der Waals surface area contributed by atoms with Crippen LogP contribution in [0.3, 0.4) is 0 Å². The number of hydrogen-bond acceptors (Lipinski definition) is 4. The predicted molar refractivity (Wildman–Crippen MR) is 49.3 cm³/mol. The summed E-state index contributed by atoms with van der Waals surface area (Å²) in [5.74, 6) is -5.06. The van der Waals surface area contributed by atoms with Crippen molar-refractivity contribution in [3.8, 4) is 0 Å². The molecule has 1 atom stereocenters. The van der Waals surface area contributed by atoms with Crippen molar-refractivity contribution < 1.29 is 29.4 Å². The van der Waals surface area contributed by atoms with Crippen molar-refractivity contribution in [2.75, 3.05) is 0 Å². The Balaban J connectivity index is 2.85. The van der Waals surface area contributed by atoms with E-state index in [-0.39, 0.29) is 12.8 Å². The van der Waals surface area contributed by atoms with Crippen molar-refractivity contribution in [3.63, 3.8) is 0 Å². The van der Waals surface area contributed by atoms with E-state index in [1.165, 1.54) is 6.92 Å². The number of carboxylic acids is 2. The number of likely N-dealkylation sites (tertiary alicyclic amines) is 1. The van der Waals surface area contributed by atoms with E-state index >= 15 is 0 Å². The van der Waals surface area contributed by atoms with Crippen molar-refractivity contribution in [2.24, 2.45) is 5.92 Å². The van der Waals surface area contributed by atoms with E-state index in [2.05, 4.69) is 0 Å². The zero-order valence-electron chi connectivity index (χ0n) is 8.54. The molecule has 88 valence electrons. The Bertz CT molecular complexity index is 345. The third-order valence-corrected chi connectivity index (χ3v) is 2.47. The second-order valence-corrected chi connectivity index (χ2v) is 3.62. The number of rotatable bonds is 3. The van der Waals surface area contributed by atoms with Gasteiger partial charge in [0.2, 0.25) is 11.8 Å². The van der Waals surface area contributed by atoms with Crippen molar-refractivity contribution in [1.29, 1.82) is 0 Å². The molecule has 0 aromatic rings. The predicted octanol–water partition coefficient (Wildman–Crippen LogP) is -0.691. The number of carbonyl (C=O) groups is 4. The minimum absolute atomic E-state index is 0.335. The first-order valence-corrected chi connectivity index (χ1v) is 4.65. The number of imide groups is 1. The Hall–Kier alpha value is -1.92. The standard InChI is InChI=1S/C9H11NO6/c1-4(8(13)14)10-6(11)2-5(9(15)16)3-7(10)12/h4-5H,2-3H2,1H3,(H,13,14)(H,15,16). The quantitative estimate of drug-likeness (QED) is 0.619. The molecule has 1 unspecified atom stereocenters. The Morgan fingerprint density at radius 3 is 2.00 bits per heavy atom. The van der Waals surface area contributed by atoms with E-state index in [0.717, 1.165) is 0 Å². The highest BCUT2D eigenvalue weighted by Crippen LogP contribution is 2.21. The lowest BCUT2D eigenvalue weighted by Crippen LogP contribution is -2.51. The fourth-order valence-corrected chi connectivity index (χ4v) is 1.55. The third-order valence-electron chi connectivity index (χ3n) is 2.47. The number of nitrogens with zero attached hydrogens (tertiary/aromatic N) is 1. The molecule has 0 radical (unpaired) electrons. The molecule has 0 aromatic carbocycles. The minimum Gasteiger partial charge on any atom is -0.481 e. The van der Waals surface area contributed by atoms with Gasteiger partial charge in [-0.05, 0) is 6.92 Å². The summed E-state index contributed by atoms with van der Waals surface area (Å²) in [5, 5.41) is 17.4. The lowest BCUT2D eigenvalue weighted by molar-refractivity contribution is -0.164. The number of carbonyl (C=O) groups excluding carboxylic acids is 2. The van der Waals surface area contributed by atoms with Crippen LogP contribution in [0.15, 0.2) is 0 Å². The largest absolute Gasteiger partial charge is 0.481 e. The topological polar surface area (TPSA) is 112 Å². The molecule has 2 N–H and O–H groups in total. The fourth-order valence-electron chi connectivity index (χ4n) is 1.55. The molecule has 0 aliphatic carbocycles. The van der Waals surface area contributed by atoms with Gasteiger partial charge in [-0.1, -0.05) is 0 Å². The van der Waals surface area contributed by atoms with Gasteiger partial charge in [-0.25, -0.2) is 4.79 Å². The van der Waals surface area contributed by atoms with Crippen LogP contribution in [0.25, 0.3) is 0 Å². The highest BCUT2D eigenvalue weighted by Gasteiger charge is 2.40. The van der Waals surface area contributed by atoms with Crippen LogP contribution in [0.2, 0.25) is 0 Å². The van der Waals surface area contributed by atoms with E-state index in [0.29, 0.717) is 4.90 Å². The average molecular weight is 229 g/mol. The number of aliphatic carboxylic acids is 2. The normalized spacial score (nSPS) is 19.7. The van der Waals surface area contributed by atoms with Gasteiger partial charge in [0, 0.05) is 12.8 Å². The third kappa shape index (κ3) is 2.18. The molecule has 1 fully saturated rings. The molecule has 0 aromatic heterocycles. The molecule has 1 rings (SSSR count). The fraction of sp³-hybridized carbons (Fsp3) is 0.556. The van der Waals surface area contributed by atoms with Gasteiger partial charge in [0.15, 0.2) is 0 Å². The van der Waals surface area contributed by atoms with E-state index in [9.17, 15) is 19.2 Å². The lowest BCUT2D eigenvalue weighted by atomic mass is 9.95. The van der Waals surface area contributed by atoms with Crippen molar-refractivity contribution in [2.45, 2.75) is 25.8 Å². The van der Waals surface area contributed by atoms with Gasteiger partial charge in [0.1, 0.15) is 6.04 Å². The van der Waals surface area contributed by atoms with E-state index in [1.807, 2.05) is 0 Å². The first-order chi connectivity index (χ1) is 7.34. The van der Waals surface area contributed by atoms with Gasteiger partial charge < -0.3 is 10.2 Å². The molecule has 7 nitrogen and oxygen atoms in total. The van der Waals surface area contributed by atoms with Crippen LogP contribution in [0.4, 0.5) is 0 Å². The number of amides is 2. The zero-order valence-corrected chi connectivity index (χ0v) is 8.54. The van der Waals surface area contributed by atoms with Crippen molar-refractivity contribution in [3.05, 3.63) is 0 Å². The Labute approximate surface area is 90.6 Å². The van der Waals surface area contributed by atoms with Crippen LogP contribution in [-0.2, 0) is 19.2 Å². The van der Waals surface area contributed by atoms with E-state index in [4.69, 9.17) is 10.2 Å². The van der Waals surface area contributed by atoms with Gasteiger partial charge in [0.05, 0.1) is 5.92 Å². The van der Waals surface area contributed by atoms with E-state index < -0.39 is 35.7 Å². The second-order valence-electron chi connectivity index (χ2n) is 3.62. The molecule has 0 bridgehead atoms. The van der Waals surface area contributed by atoms with Crippen molar-refractivity contribution in [1.82, 2.24) is 4.90 Å². The van der Waals surface area contributed by atoms with Gasteiger partial charge in [-0.3, -0.25) is 19.3 Å². The molecule has 0 saturated carbocycles. The molecule has 1 aliphatic heterocycles. The summed E-state index contributed by atoms with van der Waals surface area (Å²) in [6.45, 7) is 1.21. The first-order valence-electron chi connectivity index (χ1n) is 4.65. The first kappa shape index (κ1) is 12.2. The number of piperidine rings is 1. The van der Waals surface area contributed by atoms with Crippen LogP contribution < -0.4 is 0 Å². The molecule has 1 heterocycles. The summed E-state index contributed by atoms with van der Waals surface area (Å²) >= 11 is 0. The maximum absolute atomic E-state index is 11.4. The Kier molecular flexibility index (Phi) is 3.26.